The molecule has 2 aliphatic heterocycles. The molecular weight excluding hydrogens is 366 g/mol. The molecule has 1 aromatic carbocycles. The molecule has 2 bridgehead atoms. The second-order valence-electron chi connectivity index (χ2n) is 6.96. The van der Waals surface area contributed by atoms with E-state index in [1.807, 2.05) is 17.0 Å². The number of ether oxygens (including phenoxy) is 2. The highest BCUT2D eigenvalue weighted by Crippen LogP contribution is 2.38. The van der Waals surface area contributed by atoms with Gasteiger partial charge in [0, 0.05) is 42.3 Å². The number of carbonyl (C=O) groups excluding carboxylic acids is 1. The Kier molecular flexibility index (Phi) is 5.07. The summed E-state index contributed by atoms with van der Waals surface area (Å²) in [6.07, 6.45) is 7.24. The lowest BCUT2D eigenvalue weighted by Gasteiger charge is -2.38. The van der Waals surface area contributed by atoms with Gasteiger partial charge in [0.1, 0.15) is 17.6 Å². The fraction of sp³-hybridized carbons (Fsp3) is 0.400. The van der Waals surface area contributed by atoms with Crippen LogP contribution in [0, 0.1) is 0 Å². The van der Waals surface area contributed by atoms with Crippen molar-refractivity contribution in [1.29, 1.82) is 0 Å². The van der Waals surface area contributed by atoms with Gasteiger partial charge >= 0.3 is 6.03 Å². The van der Waals surface area contributed by atoms with E-state index in [1.165, 1.54) is 0 Å². The van der Waals surface area contributed by atoms with Crippen molar-refractivity contribution in [3.63, 3.8) is 0 Å². The second kappa shape index (κ2) is 7.64. The summed E-state index contributed by atoms with van der Waals surface area (Å²) in [4.78, 5) is 18.9. The molecule has 0 aliphatic carbocycles. The molecule has 2 fully saturated rings. The Bertz CT molecular complexity index is 803. The molecule has 1 aromatic heterocycles. The highest BCUT2D eigenvalue weighted by molar-refractivity contribution is 6.31. The molecule has 7 heteroatoms. The number of urea groups is 1. The molecule has 2 amide bonds. The summed E-state index contributed by atoms with van der Waals surface area (Å²) in [6, 6.07) is 9.19. The van der Waals surface area contributed by atoms with Crippen LogP contribution in [0.2, 0.25) is 5.02 Å². The maximum Gasteiger partial charge on any atom is 0.322 e. The summed E-state index contributed by atoms with van der Waals surface area (Å²) in [7, 11) is 1.57. The minimum Gasteiger partial charge on any atom is -0.495 e. The van der Waals surface area contributed by atoms with E-state index in [9.17, 15) is 4.79 Å². The molecule has 0 saturated carbocycles. The SMILES string of the molecule is COc1ccc(Cl)cc1NC(=O)N1C2CCC1CC(Oc1ccncc1)C2. The topological polar surface area (TPSA) is 63.7 Å². The molecule has 6 nitrogen and oxygen atoms in total. The van der Waals surface area contributed by atoms with Gasteiger partial charge in [-0.25, -0.2) is 4.79 Å². The number of piperidine rings is 1. The van der Waals surface area contributed by atoms with E-state index in [1.54, 1.807) is 37.7 Å². The summed E-state index contributed by atoms with van der Waals surface area (Å²) in [6.45, 7) is 0. The van der Waals surface area contributed by atoms with E-state index in [4.69, 9.17) is 21.1 Å². The van der Waals surface area contributed by atoms with Crippen LogP contribution in [0.4, 0.5) is 10.5 Å². The number of fused-ring (bicyclic) bond motifs is 2. The predicted molar refractivity (Wildman–Crippen MR) is 104 cm³/mol. The number of benzene rings is 1. The van der Waals surface area contributed by atoms with Gasteiger partial charge < -0.3 is 19.7 Å². The van der Waals surface area contributed by atoms with Crippen molar-refractivity contribution < 1.29 is 14.3 Å². The minimum atomic E-state index is -0.106. The summed E-state index contributed by atoms with van der Waals surface area (Å²) < 4.78 is 11.4. The molecule has 2 aromatic rings. The van der Waals surface area contributed by atoms with Crippen LogP contribution in [0.1, 0.15) is 25.7 Å². The predicted octanol–water partition coefficient (Wildman–Crippen LogP) is 4.35. The zero-order valence-corrected chi connectivity index (χ0v) is 15.9. The largest absolute Gasteiger partial charge is 0.495 e. The van der Waals surface area contributed by atoms with Gasteiger partial charge in [0.25, 0.3) is 0 Å². The third-order valence-corrected chi connectivity index (χ3v) is 5.52. The Morgan fingerprint density at radius 1 is 1.19 bits per heavy atom. The van der Waals surface area contributed by atoms with Crippen LogP contribution in [-0.2, 0) is 0 Å². The molecular formula is C20H22ClN3O3. The molecule has 0 spiro atoms. The Balaban J connectivity index is 1.43. The van der Waals surface area contributed by atoms with Gasteiger partial charge in [-0.1, -0.05) is 11.6 Å². The standard InChI is InChI=1S/C20H22ClN3O3/c1-26-19-5-2-13(21)10-18(19)23-20(25)24-14-3-4-15(24)12-17(11-14)27-16-6-8-22-9-7-16/h2,5-10,14-15,17H,3-4,11-12H2,1H3,(H,23,25). The van der Waals surface area contributed by atoms with E-state index in [2.05, 4.69) is 10.3 Å². The van der Waals surface area contributed by atoms with E-state index in [-0.39, 0.29) is 24.2 Å². The van der Waals surface area contributed by atoms with Crippen molar-refractivity contribution in [3.8, 4) is 11.5 Å². The number of aromatic nitrogens is 1. The maximum absolute atomic E-state index is 12.9. The fourth-order valence-electron chi connectivity index (χ4n) is 4.12. The molecule has 142 valence electrons. The number of carbonyl (C=O) groups is 1. The van der Waals surface area contributed by atoms with E-state index in [0.717, 1.165) is 31.4 Å². The Morgan fingerprint density at radius 3 is 2.56 bits per heavy atom. The minimum absolute atomic E-state index is 0.106. The van der Waals surface area contributed by atoms with E-state index in [0.29, 0.717) is 16.5 Å². The first-order valence-electron chi connectivity index (χ1n) is 9.13. The third-order valence-electron chi connectivity index (χ3n) is 5.28. The molecule has 2 unspecified atom stereocenters. The van der Waals surface area contributed by atoms with Gasteiger partial charge in [-0.2, -0.15) is 0 Å². The molecule has 2 saturated heterocycles. The van der Waals surface area contributed by atoms with Crippen LogP contribution in [0.3, 0.4) is 0 Å². The summed E-state index contributed by atoms with van der Waals surface area (Å²) >= 11 is 6.07. The maximum atomic E-state index is 12.9. The first-order chi connectivity index (χ1) is 13.1. The Hall–Kier alpha value is -2.47. The number of methoxy groups -OCH3 is 1. The van der Waals surface area contributed by atoms with Gasteiger partial charge in [0.15, 0.2) is 0 Å². The highest BCUT2D eigenvalue weighted by Gasteiger charge is 2.44. The number of nitrogens with zero attached hydrogens (tertiary/aromatic N) is 2. The van der Waals surface area contributed by atoms with Gasteiger partial charge in [0.2, 0.25) is 0 Å². The smallest absolute Gasteiger partial charge is 0.322 e. The van der Waals surface area contributed by atoms with Crippen LogP contribution in [0.15, 0.2) is 42.7 Å². The molecule has 27 heavy (non-hydrogen) atoms. The number of hydrogen-bond donors (Lipinski definition) is 1. The zero-order valence-electron chi connectivity index (χ0n) is 15.1. The Morgan fingerprint density at radius 2 is 1.89 bits per heavy atom. The van der Waals surface area contributed by atoms with Gasteiger partial charge in [-0.3, -0.25) is 4.98 Å². The van der Waals surface area contributed by atoms with Crippen LogP contribution in [0.5, 0.6) is 11.5 Å². The molecule has 2 atom stereocenters. The summed E-state index contributed by atoms with van der Waals surface area (Å²) in [5, 5.41) is 3.52. The summed E-state index contributed by atoms with van der Waals surface area (Å²) in [5.41, 5.74) is 0.588. The number of anilines is 1. The lowest BCUT2D eigenvalue weighted by Crippen LogP contribution is -2.50. The Labute approximate surface area is 163 Å². The molecule has 3 heterocycles. The van der Waals surface area contributed by atoms with E-state index >= 15 is 0 Å². The summed E-state index contributed by atoms with van der Waals surface area (Å²) in [5.74, 6) is 1.42. The second-order valence-corrected chi connectivity index (χ2v) is 7.40. The van der Waals surface area contributed by atoms with Crippen molar-refractivity contribution in [2.24, 2.45) is 0 Å². The normalized spacial score (nSPS) is 23.8. The average molecular weight is 388 g/mol. The third kappa shape index (κ3) is 3.81. The number of amides is 2. The monoisotopic (exact) mass is 387 g/mol. The molecule has 4 rings (SSSR count). The van der Waals surface area contributed by atoms with Gasteiger partial charge in [0.05, 0.1) is 12.8 Å². The number of rotatable bonds is 4. The number of halogens is 1. The highest BCUT2D eigenvalue weighted by atomic mass is 35.5. The van der Waals surface area contributed by atoms with Crippen molar-refractivity contribution in [3.05, 3.63) is 47.7 Å². The van der Waals surface area contributed by atoms with E-state index < -0.39 is 0 Å². The fourth-order valence-corrected chi connectivity index (χ4v) is 4.29. The molecule has 2 aliphatic rings. The first kappa shape index (κ1) is 17.9. The van der Waals surface area contributed by atoms with Crippen LogP contribution < -0.4 is 14.8 Å². The van der Waals surface area contributed by atoms with Gasteiger partial charge in [-0.15, -0.1) is 0 Å². The number of pyridine rings is 1. The lowest BCUT2D eigenvalue weighted by molar-refractivity contribution is 0.0732. The molecule has 1 N–H and O–H groups in total. The van der Waals surface area contributed by atoms with Crippen molar-refractivity contribution in [2.45, 2.75) is 43.9 Å². The van der Waals surface area contributed by atoms with Crippen LogP contribution >= 0.6 is 11.6 Å². The number of nitrogens with one attached hydrogen (secondary N) is 1. The van der Waals surface area contributed by atoms with Crippen LogP contribution in [-0.4, -0.2) is 41.2 Å². The first-order valence-corrected chi connectivity index (χ1v) is 9.51. The van der Waals surface area contributed by atoms with Crippen molar-refractivity contribution in [2.75, 3.05) is 12.4 Å². The molecule has 0 radical (unpaired) electrons. The lowest BCUT2D eigenvalue weighted by atomic mass is 10.00. The number of hydrogen-bond acceptors (Lipinski definition) is 4. The van der Waals surface area contributed by atoms with Crippen molar-refractivity contribution >= 4 is 23.3 Å². The van der Waals surface area contributed by atoms with Crippen LogP contribution in [0.25, 0.3) is 0 Å². The van der Waals surface area contributed by atoms with Gasteiger partial charge in [-0.05, 0) is 43.2 Å². The average Bonchev–Trinajstić information content (AvgIpc) is 2.94. The zero-order chi connectivity index (χ0) is 18.8. The van der Waals surface area contributed by atoms with Crippen molar-refractivity contribution in [1.82, 2.24) is 9.88 Å². The quantitative estimate of drug-likeness (QED) is 0.847.